The summed E-state index contributed by atoms with van der Waals surface area (Å²) in [4.78, 5) is 0. The highest BCUT2D eigenvalue weighted by atomic mass is 35.5. The molecule has 26 heavy (non-hydrogen) atoms. The average molecular weight is 361 g/mol. The van der Waals surface area contributed by atoms with Crippen LogP contribution in [0.2, 0.25) is 0 Å². The molecule has 0 saturated heterocycles. The molecular weight excluding hydrogens is 340 g/mol. The number of benzene rings is 3. The van der Waals surface area contributed by atoms with Gasteiger partial charge in [-0.05, 0) is 23.1 Å². The number of rotatable bonds is 5. The number of hydrogen-bond donors (Lipinski definition) is 0. The maximum Gasteiger partial charge on any atom is 0.144 e. The van der Waals surface area contributed by atoms with Gasteiger partial charge in [0.25, 0.3) is 0 Å². The van der Waals surface area contributed by atoms with Crippen LogP contribution in [0.1, 0.15) is 23.1 Å². The summed E-state index contributed by atoms with van der Waals surface area (Å²) in [5.74, 6) is 0. The van der Waals surface area contributed by atoms with Crippen molar-refractivity contribution in [2.75, 3.05) is 0 Å². The van der Waals surface area contributed by atoms with Crippen LogP contribution < -0.4 is 0 Å². The molecule has 3 aromatic rings. The van der Waals surface area contributed by atoms with Crippen molar-refractivity contribution in [2.45, 2.75) is 23.5 Å². The van der Waals surface area contributed by atoms with Gasteiger partial charge in [0.2, 0.25) is 0 Å². The molecule has 4 rings (SSSR count). The summed E-state index contributed by atoms with van der Waals surface area (Å²) in [6.45, 7) is 0. The molecular formula is C24H21ClO. The van der Waals surface area contributed by atoms with Gasteiger partial charge in [0.15, 0.2) is 0 Å². The van der Waals surface area contributed by atoms with Gasteiger partial charge in [-0.2, -0.15) is 0 Å². The molecule has 0 aromatic heterocycles. The van der Waals surface area contributed by atoms with Crippen LogP contribution in [-0.2, 0) is 10.3 Å². The zero-order chi connectivity index (χ0) is 17.8. The first-order chi connectivity index (χ1) is 12.8. The normalized spacial score (nSPS) is 19.6. The van der Waals surface area contributed by atoms with Crippen molar-refractivity contribution in [1.29, 1.82) is 0 Å². The lowest BCUT2D eigenvalue weighted by atomic mass is 9.80. The van der Waals surface area contributed by atoms with E-state index in [1.807, 2.05) is 24.3 Å². The molecule has 0 fully saturated rings. The predicted molar refractivity (Wildman–Crippen MR) is 107 cm³/mol. The third-order valence-electron chi connectivity index (χ3n) is 4.86. The molecule has 0 amide bonds. The van der Waals surface area contributed by atoms with E-state index in [2.05, 4.69) is 78.9 Å². The maximum absolute atomic E-state index is 6.86. The molecule has 1 aliphatic carbocycles. The van der Waals surface area contributed by atoms with Crippen molar-refractivity contribution in [3.8, 4) is 0 Å². The Bertz CT molecular complexity index is 762. The summed E-state index contributed by atoms with van der Waals surface area (Å²) in [5, 5.41) is 0.0278. The molecule has 0 heterocycles. The van der Waals surface area contributed by atoms with Crippen molar-refractivity contribution >= 4 is 11.6 Å². The maximum atomic E-state index is 6.86. The first-order valence-electron chi connectivity index (χ1n) is 8.96. The Morgan fingerprint density at radius 1 is 0.654 bits per heavy atom. The molecule has 0 N–H and O–H groups in total. The minimum atomic E-state index is -0.681. The lowest BCUT2D eigenvalue weighted by Crippen LogP contribution is -2.36. The summed E-state index contributed by atoms with van der Waals surface area (Å²) in [6.07, 6.45) is 4.87. The van der Waals surface area contributed by atoms with Crippen molar-refractivity contribution < 1.29 is 4.74 Å². The minimum absolute atomic E-state index is 0.0278. The first kappa shape index (κ1) is 17.1. The molecule has 0 aliphatic heterocycles. The molecule has 2 atom stereocenters. The zero-order valence-electron chi connectivity index (χ0n) is 14.5. The predicted octanol–water partition coefficient (Wildman–Crippen LogP) is 5.93. The van der Waals surface area contributed by atoms with Gasteiger partial charge in [-0.15, -0.1) is 11.6 Å². The average Bonchev–Trinajstić information content (AvgIpc) is 3.13. The van der Waals surface area contributed by atoms with E-state index in [1.165, 1.54) is 0 Å². The second kappa shape index (κ2) is 7.49. The van der Waals surface area contributed by atoms with Crippen LogP contribution in [0.15, 0.2) is 103 Å². The number of halogens is 1. The van der Waals surface area contributed by atoms with Crippen LogP contribution >= 0.6 is 11.6 Å². The molecule has 3 aromatic carbocycles. The van der Waals surface area contributed by atoms with Crippen LogP contribution in [0.3, 0.4) is 0 Å². The van der Waals surface area contributed by atoms with Crippen LogP contribution in [-0.4, -0.2) is 11.5 Å². The van der Waals surface area contributed by atoms with E-state index in [1.54, 1.807) is 0 Å². The molecule has 0 saturated carbocycles. The van der Waals surface area contributed by atoms with Crippen molar-refractivity contribution in [1.82, 2.24) is 0 Å². The summed E-state index contributed by atoms with van der Waals surface area (Å²) < 4.78 is 6.86. The first-order valence-corrected chi connectivity index (χ1v) is 9.39. The van der Waals surface area contributed by atoms with Gasteiger partial charge in [-0.1, -0.05) is 103 Å². The van der Waals surface area contributed by atoms with Gasteiger partial charge >= 0.3 is 0 Å². The van der Waals surface area contributed by atoms with E-state index >= 15 is 0 Å². The van der Waals surface area contributed by atoms with Crippen LogP contribution in [0.25, 0.3) is 0 Å². The van der Waals surface area contributed by atoms with E-state index in [-0.39, 0.29) is 11.5 Å². The topological polar surface area (TPSA) is 9.23 Å². The van der Waals surface area contributed by atoms with E-state index in [0.717, 1.165) is 23.1 Å². The van der Waals surface area contributed by atoms with E-state index in [4.69, 9.17) is 16.3 Å². The second-order valence-electron chi connectivity index (χ2n) is 6.57. The van der Waals surface area contributed by atoms with Gasteiger partial charge in [-0.25, -0.2) is 0 Å². The molecule has 0 unspecified atom stereocenters. The molecule has 1 nitrogen and oxygen atoms in total. The zero-order valence-corrected chi connectivity index (χ0v) is 15.2. The van der Waals surface area contributed by atoms with E-state index in [0.29, 0.717) is 0 Å². The third-order valence-corrected chi connectivity index (χ3v) is 5.18. The van der Waals surface area contributed by atoms with Gasteiger partial charge < -0.3 is 4.74 Å². The molecule has 0 bridgehead atoms. The molecule has 0 radical (unpaired) electrons. The second-order valence-corrected chi connectivity index (χ2v) is 7.13. The highest BCUT2D eigenvalue weighted by Gasteiger charge is 2.40. The Morgan fingerprint density at radius 3 is 1.42 bits per heavy atom. The summed E-state index contributed by atoms with van der Waals surface area (Å²) in [5.41, 5.74) is 2.66. The Hall–Kier alpha value is -2.35. The number of alkyl halides is 1. The fraction of sp³-hybridized carbons (Fsp3) is 0.167. The highest BCUT2D eigenvalue weighted by Crippen LogP contribution is 2.42. The number of allylic oxidation sites excluding steroid dienone is 1. The van der Waals surface area contributed by atoms with Gasteiger partial charge in [0.05, 0.1) is 11.5 Å². The smallest absolute Gasteiger partial charge is 0.144 e. The summed E-state index contributed by atoms with van der Waals surface area (Å²) in [6, 6.07) is 31.3. The van der Waals surface area contributed by atoms with Gasteiger partial charge in [0.1, 0.15) is 5.60 Å². The minimum Gasteiger partial charge on any atom is -0.353 e. The Balaban J connectivity index is 1.92. The van der Waals surface area contributed by atoms with Crippen LogP contribution in [0.4, 0.5) is 0 Å². The molecule has 1 aliphatic rings. The van der Waals surface area contributed by atoms with Crippen molar-refractivity contribution in [3.63, 3.8) is 0 Å². The number of ether oxygens (including phenoxy) is 1. The van der Waals surface area contributed by atoms with Crippen molar-refractivity contribution in [3.05, 3.63) is 120 Å². The molecule has 0 spiro atoms. The monoisotopic (exact) mass is 360 g/mol. The fourth-order valence-corrected chi connectivity index (χ4v) is 3.92. The highest BCUT2D eigenvalue weighted by molar-refractivity contribution is 6.22. The quantitative estimate of drug-likeness (QED) is 0.311. The Kier molecular flexibility index (Phi) is 4.92. The van der Waals surface area contributed by atoms with Crippen molar-refractivity contribution in [2.24, 2.45) is 0 Å². The molecule has 130 valence electrons. The van der Waals surface area contributed by atoms with Gasteiger partial charge in [-0.3, -0.25) is 0 Å². The van der Waals surface area contributed by atoms with E-state index < -0.39 is 5.60 Å². The molecule has 2 heteroatoms. The fourth-order valence-electron chi connectivity index (χ4n) is 3.66. The van der Waals surface area contributed by atoms with Crippen LogP contribution in [0, 0.1) is 0 Å². The SMILES string of the molecule is Cl[C@@H]1C=C[C@H](OC(c2ccccc2)(c2ccccc2)c2ccccc2)C1. The Morgan fingerprint density at radius 2 is 1.08 bits per heavy atom. The third kappa shape index (κ3) is 3.21. The lowest BCUT2D eigenvalue weighted by Gasteiger charge is -2.38. The number of hydrogen-bond acceptors (Lipinski definition) is 1. The summed E-state index contributed by atoms with van der Waals surface area (Å²) in [7, 11) is 0. The largest absolute Gasteiger partial charge is 0.353 e. The van der Waals surface area contributed by atoms with Gasteiger partial charge in [0, 0.05) is 0 Å². The summed E-state index contributed by atoms with van der Waals surface area (Å²) >= 11 is 6.31. The lowest BCUT2D eigenvalue weighted by molar-refractivity contribution is -0.0237. The standard InChI is InChI=1S/C24H21ClO/c25-22-16-17-23(18-22)26-24(19-10-4-1-5-11-19,20-12-6-2-7-13-20)21-14-8-3-9-15-21/h1-17,22-23H,18H2/t22-,23+/m1/s1. The van der Waals surface area contributed by atoms with E-state index in [9.17, 15) is 0 Å². The van der Waals surface area contributed by atoms with Crippen LogP contribution in [0.5, 0.6) is 0 Å². The Labute approximate surface area is 159 Å².